The second-order valence-corrected chi connectivity index (χ2v) is 7.60. The summed E-state index contributed by atoms with van der Waals surface area (Å²) in [6.07, 6.45) is 4.09. The van der Waals surface area contributed by atoms with Crippen LogP contribution in [0.1, 0.15) is 12.6 Å². The summed E-state index contributed by atoms with van der Waals surface area (Å²) in [5.41, 5.74) is 3.80. The van der Waals surface area contributed by atoms with Crippen LogP contribution in [-0.4, -0.2) is 53.0 Å². The van der Waals surface area contributed by atoms with Crippen molar-refractivity contribution in [3.8, 4) is 10.4 Å². The van der Waals surface area contributed by atoms with E-state index >= 15 is 0 Å². The topological polar surface area (TPSA) is 55.3 Å². The van der Waals surface area contributed by atoms with Crippen LogP contribution >= 0.6 is 11.3 Å². The minimum atomic E-state index is 0.198. The molecule has 0 bridgehead atoms. The predicted octanol–water partition coefficient (Wildman–Crippen LogP) is 3.19. The van der Waals surface area contributed by atoms with Crippen molar-refractivity contribution in [2.75, 3.05) is 26.3 Å². The number of hydrogen-bond acceptors (Lipinski definition) is 6. The molecule has 1 atom stereocenters. The van der Waals surface area contributed by atoms with Gasteiger partial charge in [-0.2, -0.15) is 0 Å². The number of aromatic nitrogens is 2. The van der Waals surface area contributed by atoms with Gasteiger partial charge < -0.3 is 4.74 Å². The number of ether oxygens (including phenoxy) is 1. The lowest BCUT2D eigenvalue weighted by atomic mass is 10.1. The molecular weight excluding hydrogens is 346 g/mol. The molecule has 26 heavy (non-hydrogen) atoms. The number of carbonyl (C=O) groups is 1. The third kappa shape index (κ3) is 3.82. The van der Waals surface area contributed by atoms with Crippen molar-refractivity contribution in [3.63, 3.8) is 0 Å². The Kier molecular flexibility index (Phi) is 5.06. The summed E-state index contributed by atoms with van der Waals surface area (Å²) < 4.78 is 5.43. The van der Waals surface area contributed by atoms with Gasteiger partial charge in [0, 0.05) is 36.1 Å². The van der Waals surface area contributed by atoms with Crippen LogP contribution in [-0.2, 0) is 16.0 Å². The maximum Gasteiger partial charge on any atom is 0.152 e. The summed E-state index contributed by atoms with van der Waals surface area (Å²) in [7, 11) is 0. The average molecular weight is 367 g/mol. The smallest absolute Gasteiger partial charge is 0.152 e. The van der Waals surface area contributed by atoms with Crippen LogP contribution in [0.3, 0.4) is 0 Å². The van der Waals surface area contributed by atoms with Crippen molar-refractivity contribution < 1.29 is 9.53 Å². The van der Waals surface area contributed by atoms with E-state index in [1.54, 1.807) is 11.3 Å². The van der Waals surface area contributed by atoms with Gasteiger partial charge in [0.25, 0.3) is 0 Å². The largest absolute Gasteiger partial charge is 0.379 e. The van der Waals surface area contributed by atoms with E-state index in [0.717, 1.165) is 33.5 Å². The molecule has 0 aliphatic carbocycles. The van der Waals surface area contributed by atoms with Crippen LogP contribution in [0.5, 0.6) is 0 Å². The first-order chi connectivity index (χ1) is 12.7. The monoisotopic (exact) mass is 367 g/mol. The van der Waals surface area contributed by atoms with Crippen LogP contribution in [0.2, 0.25) is 0 Å². The molecule has 134 valence electrons. The van der Waals surface area contributed by atoms with E-state index in [9.17, 15) is 4.79 Å². The standard InChI is InChI=1S/C20H21N3O2S/c1-14-12-25-5-4-23(14)11-19(24)8-18-7-17-6-15(20-10-21-13-26-20)2-3-16(17)9-22-18/h2-3,6-7,9-10,13-14H,4-5,8,11-12H2,1H3/t14-/m1/s1. The second-order valence-electron chi connectivity index (χ2n) is 6.71. The highest BCUT2D eigenvalue weighted by Crippen LogP contribution is 2.27. The van der Waals surface area contributed by atoms with Crippen LogP contribution in [0, 0.1) is 0 Å². The van der Waals surface area contributed by atoms with Crippen LogP contribution in [0.4, 0.5) is 0 Å². The fourth-order valence-electron chi connectivity index (χ4n) is 3.28. The molecule has 0 N–H and O–H groups in total. The molecule has 5 nitrogen and oxygen atoms in total. The lowest BCUT2D eigenvalue weighted by molar-refractivity contribution is -0.121. The number of benzene rings is 1. The number of fused-ring (bicyclic) bond motifs is 1. The van der Waals surface area contributed by atoms with Crippen LogP contribution < -0.4 is 0 Å². The lowest BCUT2D eigenvalue weighted by Crippen LogP contribution is -2.46. The maximum atomic E-state index is 12.5. The van der Waals surface area contributed by atoms with Crippen molar-refractivity contribution in [1.29, 1.82) is 0 Å². The Labute approximate surface area is 156 Å². The highest BCUT2D eigenvalue weighted by Gasteiger charge is 2.21. The van der Waals surface area contributed by atoms with Gasteiger partial charge in [0.15, 0.2) is 5.78 Å². The molecule has 2 aromatic heterocycles. The Hall–Kier alpha value is -2.15. The van der Waals surface area contributed by atoms with Crippen LogP contribution in [0.25, 0.3) is 21.2 Å². The van der Waals surface area contributed by atoms with Crippen molar-refractivity contribution in [1.82, 2.24) is 14.9 Å². The Bertz CT molecular complexity index is 911. The van der Waals surface area contributed by atoms with Gasteiger partial charge in [0.1, 0.15) is 0 Å². The molecule has 0 amide bonds. The van der Waals surface area contributed by atoms with Crippen molar-refractivity contribution in [2.24, 2.45) is 0 Å². The number of Topliss-reactive ketones (excluding diaryl/α,β-unsaturated/α-hetero) is 1. The molecule has 0 radical (unpaired) electrons. The zero-order valence-corrected chi connectivity index (χ0v) is 15.5. The van der Waals surface area contributed by atoms with Gasteiger partial charge in [-0.3, -0.25) is 19.7 Å². The van der Waals surface area contributed by atoms with E-state index in [0.29, 0.717) is 32.2 Å². The molecule has 0 unspecified atom stereocenters. The van der Waals surface area contributed by atoms with Gasteiger partial charge in [-0.1, -0.05) is 12.1 Å². The summed E-state index contributed by atoms with van der Waals surface area (Å²) in [6.45, 7) is 4.77. The summed E-state index contributed by atoms with van der Waals surface area (Å²) in [5, 5.41) is 2.18. The predicted molar refractivity (Wildman–Crippen MR) is 103 cm³/mol. The van der Waals surface area contributed by atoms with Gasteiger partial charge in [-0.25, -0.2) is 0 Å². The molecular formula is C20H21N3O2S. The highest BCUT2D eigenvalue weighted by molar-refractivity contribution is 7.13. The molecule has 6 heteroatoms. The molecule has 1 saturated heterocycles. The summed E-state index contributed by atoms with van der Waals surface area (Å²) in [5.74, 6) is 0.198. The van der Waals surface area contributed by atoms with Gasteiger partial charge in [-0.15, -0.1) is 11.3 Å². The first-order valence-electron chi connectivity index (χ1n) is 8.80. The number of hydrogen-bond donors (Lipinski definition) is 0. The van der Waals surface area contributed by atoms with E-state index in [1.807, 2.05) is 24.0 Å². The summed E-state index contributed by atoms with van der Waals surface area (Å²) in [4.78, 5) is 24.4. The summed E-state index contributed by atoms with van der Waals surface area (Å²) >= 11 is 1.62. The third-order valence-corrected chi connectivity index (χ3v) is 5.58. The Balaban J connectivity index is 1.50. The maximum absolute atomic E-state index is 12.5. The zero-order chi connectivity index (χ0) is 17.9. The second kappa shape index (κ2) is 7.61. The SMILES string of the molecule is C[C@@H]1COCCN1CC(=O)Cc1cc2cc(-c3cncs3)ccc2cn1. The fourth-order valence-corrected chi connectivity index (χ4v) is 3.90. The van der Waals surface area contributed by atoms with Gasteiger partial charge in [0.2, 0.25) is 0 Å². The Morgan fingerprint density at radius 2 is 2.23 bits per heavy atom. The first kappa shape index (κ1) is 17.3. The molecule has 1 aromatic carbocycles. The number of rotatable bonds is 5. The van der Waals surface area contributed by atoms with E-state index in [4.69, 9.17) is 4.74 Å². The van der Waals surface area contributed by atoms with Crippen LogP contribution in [0.15, 0.2) is 42.2 Å². The third-order valence-electron chi connectivity index (χ3n) is 4.76. The Morgan fingerprint density at radius 3 is 3.04 bits per heavy atom. The minimum absolute atomic E-state index is 0.198. The van der Waals surface area contributed by atoms with Crippen molar-refractivity contribution >= 4 is 27.9 Å². The van der Waals surface area contributed by atoms with E-state index in [-0.39, 0.29) is 5.78 Å². The summed E-state index contributed by atoms with van der Waals surface area (Å²) in [6, 6.07) is 8.61. The normalized spacial score (nSPS) is 18.3. The van der Waals surface area contributed by atoms with Gasteiger partial charge in [0.05, 0.1) is 36.6 Å². The average Bonchev–Trinajstić information content (AvgIpc) is 3.18. The molecule has 1 fully saturated rings. The molecule has 1 aliphatic heterocycles. The lowest BCUT2D eigenvalue weighted by Gasteiger charge is -2.32. The Morgan fingerprint density at radius 1 is 1.31 bits per heavy atom. The van der Waals surface area contributed by atoms with Gasteiger partial charge in [-0.05, 0) is 30.0 Å². The molecule has 0 saturated carbocycles. The molecule has 0 spiro atoms. The fraction of sp³-hybridized carbons (Fsp3) is 0.350. The number of carbonyl (C=O) groups excluding carboxylic acids is 1. The molecule has 3 heterocycles. The number of pyridine rings is 1. The number of ketones is 1. The van der Waals surface area contributed by atoms with E-state index < -0.39 is 0 Å². The molecule has 3 aromatic rings. The zero-order valence-electron chi connectivity index (χ0n) is 14.7. The number of nitrogens with zero attached hydrogens (tertiary/aromatic N) is 3. The quantitative estimate of drug-likeness (QED) is 0.693. The number of thiazole rings is 1. The number of morpholine rings is 1. The molecule has 4 rings (SSSR count). The molecule has 1 aliphatic rings. The first-order valence-corrected chi connectivity index (χ1v) is 9.68. The minimum Gasteiger partial charge on any atom is -0.379 e. The van der Waals surface area contributed by atoms with E-state index in [2.05, 4.69) is 40.0 Å². The van der Waals surface area contributed by atoms with Gasteiger partial charge >= 0.3 is 0 Å². The van der Waals surface area contributed by atoms with Crippen molar-refractivity contribution in [2.45, 2.75) is 19.4 Å². The van der Waals surface area contributed by atoms with E-state index in [1.165, 1.54) is 0 Å². The highest BCUT2D eigenvalue weighted by atomic mass is 32.1. The van der Waals surface area contributed by atoms with Crippen molar-refractivity contribution in [3.05, 3.63) is 47.9 Å².